The first-order chi connectivity index (χ1) is 9.79. The van der Waals surface area contributed by atoms with Gasteiger partial charge in [-0.15, -0.1) is 11.3 Å². The Hall–Kier alpha value is -2.20. The van der Waals surface area contributed by atoms with E-state index in [1.54, 1.807) is 24.6 Å². The molecule has 3 aromatic rings. The summed E-state index contributed by atoms with van der Waals surface area (Å²) in [6.45, 7) is 2.07. The van der Waals surface area contributed by atoms with Crippen molar-refractivity contribution >= 4 is 11.3 Å². The summed E-state index contributed by atoms with van der Waals surface area (Å²) in [6, 6.07) is 9.93. The Labute approximate surface area is 121 Å². The number of thiazole rings is 1. The Bertz CT molecular complexity index is 737. The normalized spacial score (nSPS) is 10.5. The number of pyridine rings is 1. The summed E-state index contributed by atoms with van der Waals surface area (Å²) in [5.74, 6) is 0.844. The van der Waals surface area contributed by atoms with Gasteiger partial charge < -0.3 is 4.74 Å². The SMILES string of the molecule is COc1ccccc1-c1nc(-c2cnccc2C)cs1. The highest BCUT2D eigenvalue weighted by atomic mass is 32.1. The van der Waals surface area contributed by atoms with Crippen LogP contribution in [0.4, 0.5) is 0 Å². The highest BCUT2D eigenvalue weighted by Gasteiger charge is 2.11. The number of nitrogens with zero attached hydrogens (tertiary/aromatic N) is 2. The molecule has 0 N–H and O–H groups in total. The van der Waals surface area contributed by atoms with Crippen molar-refractivity contribution in [3.8, 4) is 27.6 Å². The molecule has 0 atom stereocenters. The molecule has 1 aromatic carbocycles. The Morgan fingerprint density at radius 2 is 1.95 bits per heavy atom. The minimum absolute atomic E-state index is 0.844. The molecule has 0 spiro atoms. The fraction of sp³-hybridized carbons (Fsp3) is 0.125. The van der Waals surface area contributed by atoms with Crippen molar-refractivity contribution in [2.24, 2.45) is 0 Å². The minimum Gasteiger partial charge on any atom is -0.496 e. The van der Waals surface area contributed by atoms with Crippen LogP contribution in [-0.2, 0) is 0 Å². The average molecular weight is 282 g/mol. The molecule has 0 amide bonds. The van der Waals surface area contributed by atoms with Crippen LogP contribution in [0, 0.1) is 6.92 Å². The van der Waals surface area contributed by atoms with E-state index in [0.29, 0.717) is 0 Å². The maximum Gasteiger partial charge on any atom is 0.129 e. The van der Waals surface area contributed by atoms with Gasteiger partial charge in [0.2, 0.25) is 0 Å². The second-order valence-electron chi connectivity index (χ2n) is 4.43. The lowest BCUT2D eigenvalue weighted by Crippen LogP contribution is -1.88. The van der Waals surface area contributed by atoms with Crippen LogP contribution < -0.4 is 4.74 Å². The third kappa shape index (κ3) is 2.30. The summed E-state index contributed by atoms with van der Waals surface area (Å²) in [5.41, 5.74) is 4.23. The zero-order valence-electron chi connectivity index (χ0n) is 11.3. The lowest BCUT2D eigenvalue weighted by Gasteiger charge is -2.04. The van der Waals surface area contributed by atoms with Gasteiger partial charge in [-0.25, -0.2) is 4.98 Å². The number of ether oxygens (including phenoxy) is 1. The third-order valence-electron chi connectivity index (χ3n) is 3.16. The number of hydrogen-bond acceptors (Lipinski definition) is 4. The van der Waals surface area contributed by atoms with Gasteiger partial charge in [0.1, 0.15) is 10.8 Å². The van der Waals surface area contributed by atoms with E-state index in [1.807, 2.05) is 36.5 Å². The fourth-order valence-corrected chi connectivity index (χ4v) is 2.92. The van der Waals surface area contributed by atoms with E-state index in [-0.39, 0.29) is 0 Å². The van der Waals surface area contributed by atoms with Crippen molar-refractivity contribution in [1.29, 1.82) is 0 Å². The Balaban J connectivity index is 2.05. The van der Waals surface area contributed by atoms with Crippen LogP contribution in [0.25, 0.3) is 21.8 Å². The highest BCUT2D eigenvalue weighted by Crippen LogP contribution is 2.34. The van der Waals surface area contributed by atoms with Gasteiger partial charge >= 0.3 is 0 Å². The van der Waals surface area contributed by atoms with E-state index < -0.39 is 0 Å². The van der Waals surface area contributed by atoms with Crippen molar-refractivity contribution in [3.63, 3.8) is 0 Å². The lowest BCUT2D eigenvalue weighted by atomic mass is 10.1. The lowest BCUT2D eigenvalue weighted by molar-refractivity contribution is 0.416. The van der Waals surface area contributed by atoms with E-state index in [0.717, 1.165) is 27.6 Å². The van der Waals surface area contributed by atoms with Crippen LogP contribution in [0.15, 0.2) is 48.1 Å². The van der Waals surface area contributed by atoms with Crippen LogP contribution >= 0.6 is 11.3 Å². The summed E-state index contributed by atoms with van der Waals surface area (Å²) in [5, 5.41) is 3.02. The Kier molecular flexibility index (Phi) is 3.48. The maximum absolute atomic E-state index is 5.39. The highest BCUT2D eigenvalue weighted by molar-refractivity contribution is 7.13. The number of aromatic nitrogens is 2. The molecule has 100 valence electrons. The van der Waals surface area contributed by atoms with Gasteiger partial charge in [-0.05, 0) is 30.7 Å². The molecule has 0 bridgehead atoms. The predicted molar refractivity (Wildman–Crippen MR) is 82.1 cm³/mol. The number of aryl methyl sites for hydroxylation is 1. The van der Waals surface area contributed by atoms with Crippen molar-refractivity contribution in [1.82, 2.24) is 9.97 Å². The number of rotatable bonds is 3. The van der Waals surface area contributed by atoms with Crippen molar-refractivity contribution in [2.45, 2.75) is 6.92 Å². The zero-order chi connectivity index (χ0) is 13.9. The van der Waals surface area contributed by atoms with Crippen molar-refractivity contribution in [2.75, 3.05) is 7.11 Å². The third-order valence-corrected chi connectivity index (χ3v) is 4.03. The molecule has 0 aliphatic carbocycles. The van der Waals surface area contributed by atoms with Gasteiger partial charge in [-0.3, -0.25) is 4.98 Å². The van der Waals surface area contributed by atoms with Gasteiger partial charge in [-0.1, -0.05) is 12.1 Å². The molecule has 2 heterocycles. The standard InChI is InChI=1S/C16H14N2OS/c1-11-7-8-17-9-13(11)14-10-20-16(18-14)12-5-3-4-6-15(12)19-2/h3-10H,1-2H3. The van der Waals surface area contributed by atoms with E-state index in [4.69, 9.17) is 9.72 Å². The molecule has 0 fully saturated rings. The van der Waals surface area contributed by atoms with Gasteiger partial charge in [0, 0.05) is 23.3 Å². The average Bonchev–Trinajstić information content (AvgIpc) is 2.97. The summed E-state index contributed by atoms with van der Waals surface area (Å²) in [6.07, 6.45) is 3.66. The Morgan fingerprint density at radius 3 is 2.75 bits per heavy atom. The summed E-state index contributed by atoms with van der Waals surface area (Å²) >= 11 is 1.62. The molecule has 0 saturated heterocycles. The molecular weight excluding hydrogens is 268 g/mol. The van der Waals surface area contributed by atoms with Crippen LogP contribution in [0.3, 0.4) is 0 Å². The van der Waals surface area contributed by atoms with Crippen LogP contribution in [0.1, 0.15) is 5.56 Å². The van der Waals surface area contributed by atoms with Gasteiger partial charge in [0.05, 0.1) is 18.4 Å². The number of benzene rings is 1. The van der Waals surface area contributed by atoms with Crippen LogP contribution in [0.5, 0.6) is 5.75 Å². The molecular formula is C16H14N2OS. The molecule has 0 unspecified atom stereocenters. The second kappa shape index (κ2) is 5.43. The van der Waals surface area contributed by atoms with E-state index >= 15 is 0 Å². The number of para-hydroxylation sites is 1. The summed E-state index contributed by atoms with van der Waals surface area (Å²) in [4.78, 5) is 8.90. The van der Waals surface area contributed by atoms with Crippen molar-refractivity contribution in [3.05, 3.63) is 53.7 Å². The monoisotopic (exact) mass is 282 g/mol. The van der Waals surface area contributed by atoms with Crippen LogP contribution in [0.2, 0.25) is 0 Å². The smallest absolute Gasteiger partial charge is 0.129 e. The van der Waals surface area contributed by atoms with Crippen LogP contribution in [-0.4, -0.2) is 17.1 Å². The second-order valence-corrected chi connectivity index (χ2v) is 5.29. The largest absolute Gasteiger partial charge is 0.496 e. The summed E-state index contributed by atoms with van der Waals surface area (Å²) < 4.78 is 5.39. The van der Waals surface area contributed by atoms with Gasteiger partial charge in [0.15, 0.2) is 0 Å². The van der Waals surface area contributed by atoms with Gasteiger partial charge in [0.25, 0.3) is 0 Å². The molecule has 0 saturated carbocycles. The molecule has 2 aromatic heterocycles. The predicted octanol–water partition coefficient (Wildman–Crippen LogP) is 4.19. The van der Waals surface area contributed by atoms with Crippen molar-refractivity contribution < 1.29 is 4.74 Å². The minimum atomic E-state index is 0.844. The quantitative estimate of drug-likeness (QED) is 0.722. The van der Waals surface area contributed by atoms with E-state index in [1.165, 1.54) is 5.56 Å². The first-order valence-electron chi connectivity index (χ1n) is 6.29. The Morgan fingerprint density at radius 1 is 1.10 bits per heavy atom. The van der Waals surface area contributed by atoms with Gasteiger partial charge in [-0.2, -0.15) is 0 Å². The summed E-state index contributed by atoms with van der Waals surface area (Å²) in [7, 11) is 1.68. The van der Waals surface area contributed by atoms with E-state index in [9.17, 15) is 0 Å². The first-order valence-corrected chi connectivity index (χ1v) is 7.17. The molecule has 0 aliphatic heterocycles. The topological polar surface area (TPSA) is 35.0 Å². The first kappa shape index (κ1) is 12.8. The number of hydrogen-bond donors (Lipinski definition) is 0. The fourth-order valence-electron chi connectivity index (χ4n) is 2.07. The maximum atomic E-state index is 5.39. The molecule has 3 nitrogen and oxygen atoms in total. The molecule has 20 heavy (non-hydrogen) atoms. The molecule has 3 rings (SSSR count). The van der Waals surface area contributed by atoms with E-state index in [2.05, 4.69) is 17.3 Å². The molecule has 0 radical (unpaired) electrons. The molecule has 4 heteroatoms. The number of methoxy groups -OCH3 is 1. The zero-order valence-corrected chi connectivity index (χ0v) is 12.1. The molecule has 0 aliphatic rings.